The van der Waals surface area contributed by atoms with E-state index in [0.717, 1.165) is 138 Å². The SMILES string of the molecule is COC1CCC(Nc2ccc(-c3c(C)noc3C)cc2NC(=O)[C@@H]2CCCC(=O)N2)CC1.COC1CCC(n2c([C@@H]3CCCC(=O)N3)nc3cc(-c4c(C)noc4C)ccc32)CC1. The topological polar surface area (TPSA) is 188 Å². The van der Waals surface area contributed by atoms with Crippen LogP contribution in [-0.2, 0) is 23.9 Å². The second-order valence-corrected chi connectivity index (χ2v) is 17.7. The summed E-state index contributed by atoms with van der Waals surface area (Å²) in [7, 11) is 3.57. The number of ether oxygens (including phenoxy) is 2. The van der Waals surface area contributed by atoms with Crippen LogP contribution in [-0.4, -0.2) is 76.1 Å². The number of fused-ring (bicyclic) bond motifs is 1. The maximum absolute atomic E-state index is 13.0. The monoisotopic (exact) mass is 862 g/mol. The summed E-state index contributed by atoms with van der Waals surface area (Å²) in [6.07, 6.45) is 13.2. The lowest BCUT2D eigenvalue weighted by atomic mass is 9.92. The third-order valence-corrected chi connectivity index (χ3v) is 13.4. The number of hydrogen-bond donors (Lipinski definition) is 4. The van der Waals surface area contributed by atoms with E-state index in [9.17, 15) is 14.4 Å². The number of methoxy groups -OCH3 is 2. The van der Waals surface area contributed by atoms with E-state index >= 15 is 0 Å². The molecule has 63 heavy (non-hydrogen) atoms. The molecule has 2 saturated carbocycles. The van der Waals surface area contributed by atoms with Crippen molar-refractivity contribution in [1.29, 1.82) is 0 Å². The molecule has 0 radical (unpaired) electrons. The quantitative estimate of drug-likeness (QED) is 0.105. The molecule has 2 aromatic carbocycles. The first kappa shape index (κ1) is 44.1. The summed E-state index contributed by atoms with van der Waals surface area (Å²) in [5.41, 5.74) is 9.30. The molecule has 336 valence electrons. The van der Waals surface area contributed by atoms with Gasteiger partial charge in [0.1, 0.15) is 23.4 Å². The molecule has 3 amide bonds. The molecule has 4 N–H and O–H groups in total. The summed E-state index contributed by atoms with van der Waals surface area (Å²) in [5, 5.41) is 20.8. The number of amides is 3. The predicted molar refractivity (Wildman–Crippen MR) is 240 cm³/mol. The number of anilines is 2. The Morgan fingerprint density at radius 2 is 1.30 bits per heavy atom. The Balaban J connectivity index is 0.000000173. The highest BCUT2D eigenvalue weighted by Gasteiger charge is 2.32. The summed E-state index contributed by atoms with van der Waals surface area (Å²) in [4.78, 5) is 41.9. The van der Waals surface area contributed by atoms with Gasteiger partial charge in [-0.3, -0.25) is 14.4 Å². The highest BCUT2D eigenvalue weighted by molar-refractivity contribution is 6.00. The number of hydrogen-bond acceptors (Lipinski definition) is 11. The van der Waals surface area contributed by atoms with Crippen LogP contribution in [0.2, 0.25) is 0 Å². The van der Waals surface area contributed by atoms with Crippen LogP contribution < -0.4 is 21.3 Å². The smallest absolute Gasteiger partial charge is 0.247 e. The number of benzene rings is 2. The predicted octanol–water partition coefficient (Wildman–Crippen LogP) is 8.71. The normalized spacial score (nSPS) is 24.0. The summed E-state index contributed by atoms with van der Waals surface area (Å²) < 4.78 is 24.2. The zero-order valence-electron chi connectivity index (χ0n) is 37.5. The van der Waals surface area contributed by atoms with Gasteiger partial charge in [-0.1, -0.05) is 22.4 Å². The number of carbonyl (C=O) groups excluding carboxylic acids is 3. The van der Waals surface area contributed by atoms with Gasteiger partial charge >= 0.3 is 0 Å². The van der Waals surface area contributed by atoms with E-state index in [1.807, 2.05) is 45.9 Å². The lowest BCUT2D eigenvalue weighted by molar-refractivity contribution is -0.128. The second-order valence-electron chi connectivity index (χ2n) is 17.7. The molecule has 2 aliphatic heterocycles. The largest absolute Gasteiger partial charge is 0.381 e. The minimum absolute atomic E-state index is 0.0312. The number of rotatable bonds is 10. The van der Waals surface area contributed by atoms with Crippen molar-refractivity contribution < 1.29 is 32.9 Å². The third kappa shape index (κ3) is 9.84. The van der Waals surface area contributed by atoms with Gasteiger partial charge in [-0.2, -0.15) is 0 Å². The van der Waals surface area contributed by atoms with Gasteiger partial charge in [0.05, 0.1) is 52.0 Å². The summed E-state index contributed by atoms with van der Waals surface area (Å²) in [6, 6.07) is 12.6. The fourth-order valence-electron chi connectivity index (χ4n) is 10.0. The Bertz CT molecular complexity index is 2380. The maximum atomic E-state index is 13.0. The molecule has 15 heteroatoms. The first-order valence-electron chi connectivity index (χ1n) is 22.7. The molecule has 0 unspecified atom stereocenters. The number of piperidine rings is 2. The molecule has 5 aromatic rings. The van der Waals surface area contributed by atoms with Gasteiger partial charge in [-0.25, -0.2) is 4.98 Å². The van der Waals surface area contributed by atoms with Crippen LogP contribution in [0.1, 0.15) is 131 Å². The van der Waals surface area contributed by atoms with E-state index in [4.69, 9.17) is 23.5 Å². The molecule has 4 aliphatic rings. The average Bonchev–Trinajstić information content (AvgIpc) is 3.96. The molecule has 2 saturated heterocycles. The van der Waals surface area contributed by atoms with Crippen molar-refractivity contribution in [2.24, 2.45) is 0 Å². The number of nitrogens with zero attached hydrogens (tertiary/aromatic N) is 4. The Labute approximate surface area is 368 Å². The molecule has 9 rings (SSSR count). The Hall–Kier alpha value is -5.54. The van der Waals surface area contributed by atoms with Crippen LogP contribution in [0.3, 0.4) is 0 Å². The minimum Gasteiger partial charge on any atom is -0.381 e. The fraction of sp³-hybridized carbons (Fsp3) is 0.542. The highest BCUT2D eigenvalue weighted by atomic mass is 16.5. The fourth-order valence-corrected chi connectivity index (χ4v) is 10.0. The van der Waals surface area contributed by atoms with Gasteiger partial charge < -0.3 is 44.4 Å². The van der Waals surface area contributed by atoms with Gasteiger partial charge in [0.25, 0.3) is 0 Å². The van der Waals surface area contributed by atoms with Gasteiger partial charge in [0.15, 0.2) is 0 Å². The lowest BCUT2D eigenvalue weighted by Crippen LogP contribution is -2.46. The van der Waals surface area contributed by atoms with Crippen LogP contribution in [0.25, 0.3) is 33.3 Å². The Morgan fingerprint density at radius 3 is 1.89 bits per heavy atom. The number of aryl methyl sites for hydroxylation is 4. The summed E-state index contributed by atoms with van der Waals surface area (Å²) >= 11 is 0. The molecule has 5 heterocycles. The van der Waals surface area contributed by atoms with Crippen molar-refractivity contribution in [3.63, 3.8) is 0 Å². The van der Waals surface area contributed by atoms with Crippen LogP contribution in [0, 0.1) is 27.7 Å². The third-order valence-electron chi connectivity index (χ3n) is 13.4. The maximum Gasteiger partial charge on any atom is 0.247 e. The van der Waals surface area contributed by atoms with Crippen molar-refractivity contribution in [1.82, 2.24) is 30.5 Å². The minimum atomic E-state index is -0.510. The van der Waals surface area contributed by atoms with Gasteiger partial charge in [0, 0.05) is 50.3 Å². The van der Waals surface area contributed by atoms with E-state index in [1.54, 1.807) is 14.2 Å². The average molecular weight is 863 g/mol. The zero-order valence-corrected chi connectivity index (χ0v) is 37.5. The second kappa shape index (κ2) is 19.5. The number of imidazole rings is 1. The van der Waals surface area contributed by atoms with E-state index in [-0.39, 0.29) is 23.8 Å². The molecular weight excluding hydrogens is 801 g/mol. The highest BCUT2D eigenvalue weighted by Crippen LogP contribution is 2.39. The standard InChI is InChI=1S/C24H32N4O4.C24H30N4O3/c1-14-23(15(2)32-28-14)16-7-12-19(25-17-8-10-18(31-3)11-9-17)21(13-16)27-24(30)20-5-4-6-22(29)26-20;1-14-23(15(2)31-27-14)16-7-12-21-20(13-16)26-24(19-5-4-6-22(29)25-19)28(21)17-8-10-18(30-3)11-9-17/h7,12-13,17-18,20,25H,4-6,8-11H2,1-3H3,(H,26,29)(H,27,30);7,12-13,17-19H,4-6,8-11H2,1-3H3,(H,25,29)/t17?,18?,20-;17?,18?,19-/m00/s1. The van der Waals surface area contributed by atoms with Crippen molar-refractivity contribution in [2.75, 3.05) is 24.9 Å². The number of nitrogens with one attached hydrogen (secondary N) is 4. The van der Waals surface area contributed by atoms with Crippen molar-refractivity contribution in [3.05, 3.63) is 65.1 Å². The molecule has 4 fully saturated rings. The van der Waals surface area contributed by atoms with E-state index in [0.29, 0.717) is 49.2 Å². The Kier molecular flexibility index (Phi) is 13.6. The van der Waals surface area contributed by atoms with Crippen molar-refractivity contribution in [2.45, 2.75) is 154 Å². The first-order chi connectivity index (χ1) is 30.5. The molecule has 3 aromatic heterocycles. The summed E-state index contributed by atoms with van der Waals surface area (Å²) in [6.45, 7) is 7.69. The van der Waals surface area contributed by atoms with Crippen LogP contribution in [0.4, 0.5) is 11.4 Å². The molecule has 15 nitrogen and oxygen atoms in total. The number of carbonyl (C=O) groups is 3. The van der Waals surface area contributed by atoms with Gasteiger partial charge in [0.2, 0.25) is 17.7 Å². The van der Waals surface area contributed by atoms with Crippen molar-refractivity contribution >= 4 is 40.1 Å². The van der Waals surface area contributed by atoms with E-state index in [1.165, 1.54) is 0 Å². The zero-order chi connectivity index (χ0) is 44.2. The van der Waals surface area contributed by atoms with Gasteiger partial charge in [-0.05, 0) is 140 Å². The van der Waals surface area contributed by atoms with E-state index < -0.39 is 6.04 Å². The number of aromatic nitrogens is 4. The molecular formula is C48H62N8O7. The first-order valence-corrected chi connectivity index (χ1v) is 22.7. The molecule has 0 bridgehead atoms. The molecule has 2 atom stereocenters. The van der Waals surface area contributed by atoms with Crippen molar-refractivity contribution in [3.8, 4) is 22.3 Å². The van der Waals surface area contributed by atoms with Crippen LogP contribution >= 0.6 is 0 Å². The van der Waals surface area contributed by atoms with Gasteiger partial charge in [-0.15, -0.1) is 0 Å². The van der Waals surface area contributed by atoms with Crippen LogP contribution in [0.5, 0.6) is 0 Å². The molecule has 2 aliphatic carbocycles. The van der Waals surface area contributed by atoms with Crippen LogP contribution in [0.15, 0.2) is 45.4 Å². The summed E-state index contributed by atoms with van der Waals surface area (Å²) in [5.74, 6) is 2.38. The Morgan fingerprint density at radius 1 is 0.714 bits per heavy atom. The van der Waals surface area contributed by atoms with E-state index in [2.05, 4.69) is 54.3 Å². The molecule has 0 spiro atoms. The lowest BCUT2D eigenvalue weighted by Gasteiger charge is -2.32.